The van der Waals surface area contributed by atoms with Gasteiger partial charge in [0, 0.05) is 26.0 Å². The van der Waals surface area contributed by atoms with Crippen LogP contribution in [0.1, 0.15) is 21.5 Å². The third-order valence-electron chi connectivity index (χ3n) is 3.60. The van der Waals surface area contributed by atoms with Gasteiger partial charge in [0.05, 0.1) is 17.4 Å². The molecule has 2 heterocycles. The molecule has 2 aromatic heterocycles. The molecule has 25 heavy (non-hydrogen) atoms. The molecule has 3 aromatic rings. The lowest BCUT2D eigenvalue weighted by Crippen LogP contribution is -2.17. The molecule has 1 aromatic carbocycles. The van der Waals surface area contributed by atoms with E-state index >= 15 is 0 Å². The van der Waals surface area contributed by atoms with E-state index in [4.69, 9.17) is 5.73 Å². The van der Waals surface area contributed by atoms with E-state index in [-0.39, 0.29) is 5.56 Å². The maximum atomic E-state index is 11.6. The summed E-state index contributed by atoms with van der Waals surface area (Å²) in [5, 5.41) is 10.3. The number of nitrogens with zero attached hydrogens (tertiary/aromatic N) is 4. The van der Waals surface area contributed by atoms with E-state index in [0.29, 0.717) is 18.3 Å². The van der Waals surface area contributed by atoms with Gasteiger partial charge in [-0.25, -0.2) is 4.98 Å². The summed E-state index contributed by atoms with van der Waals surface area (Å²) in [6.45, 7) is 2.55. The highest BCUT2D eigenvalue weighted by molar-refractivity contribution is 5.97. The van der Waals surface area contributed by atoms with Crippen molar-refractivity contribution in [1.29, 1.82) is 0 Å². The minimum atomic E-state index is -0.584. The fourth-order valence-electron chi connectivity index (χ4n) is 2.26. The van der Waals surface area contributed by atoms with E-state index in [2.05, 4.69) is 25.7 Å². The van der Waals surface area contributed by atoms with Crippen LogP contribution in [0, 0.1) is 6.92 Å². The van der Waals surface area contributed by atoms with Crippen molar-refractivity contribution >= 4 is 23.4 Å². The van der Waals surface area contributed by atoms with Gasteiger partial charge in [-0.3, -0.25) is 9.48 Å². The number of benzene rings is 1. The molecule has 0 spiro atoms. The lowest BCUT2D eigenvalue weighted by atomic mass is 10.1. The van der Waals surface area contributed by atoms with Crippen molar-refractivity contribution in [3.8, 4) is 0 Å². The minimum Gasteiger partial charge on any atom is -0.365 e. The first kappa shape index (κ1) is 16.4. The van der Waals surface area contributed by atoms with Gasteiger partial charge in [-0.15, -0.1) is 0 Å². The Morgan fingerprint density at radius 2 is 2.00 bits per heavy atom. The Hall–Kier alpha value is -3.42. The van der Waals surface area contributed by atoms with Gasteiger partial charge >= 0.3 is 0 Å². The lowest BCUT2D eigenvalue weighted by molar-refractivity contribution is 0.100. The first-order chi connectivity index (χ1) is 12.0. The number of nitrogens with two attached hydrogens (primary N) is 1. The van der Waals surface area contributed by atoms with Crippen molar-refractivity contribution < 1.29 is 4.79 Å². The molecule has 0 unspecified atom stereocenters. The molecular formula is C17H19N7O. The Bertz CT molecular complexity index is 886. The number of primary amides is 1. The molecule has 128 valence electrons. The molecule has 0 saturated heterocycles. The summed E-state index contributed by atoms with van der Waals surface area (Å²) in [6, 6.07) is 8.09. The number of amides is 1. The van der Waals surface area contributed by atoms with Crippen LogP contribution in [0.3, 0.4) is 0 Å². The minimum absolute atomic E-state index is 0.240. The van der Waals surface area contributed by atoms with Gasteiger partial charge in [-0.1, -0.05) is 29.8 Å². The molecule has 0 atom stereocenters. The van der Waals surface area contributed by atoms with E-state index in [1.165, 1.54) is 11.8 Å². The number of aryl methyl sites for hydroxylation is 2. The summed E-state index contributed by atoms with van der Waals surface area (Å²) in [6.07, 6.45) is 4.86. The van der Waals surface area contributed by atoms with Crippen LogP contribution in [0.25, 0.3) is 0 Å². The van der Waals surface area contributed by atoms with Gasteiger partial charge in [-0.2, -0.15) is 10.1 Å². The number of anilines is 3. The largest absolute Gasteiger partial charge is 0.365 e. The standard InChI is InChI=1S/C17H19N7O/c1-11-3-5-12(6-4-11)7-19-16-14(15(18)25)9-20-17(23-16)22-13-8-21-24(2)10-13/h3-6,8-10H,7H2,1-2H3,(H2,18,25)(H2,19,20,22,23). The van der Waals surface area contributed by atoms with Crippen LogP contribution in [0.2, 0.25) is 0 Å². The first-order valence-electron chi connectivity index (χ1n) is 7.73. The Labute approximate surface area is 145 Å². The summed E-state index contributed by atoms with van der Waals surface area (Å²) in [7, 11) is 1.82. The van der Waals surface area contributed by atoms with Crippen LogP contribution in [0.5, 0.6) is 0 Å². The smallest absolute Gasteiger partial charge is 0.254 e. The summed E-state index contributed by atoms with van der Waals surface area (Å²) < 4.78 is 1.66. The van der Waals surface area contributed by atoms with Crippen molar-refractivity contribution in [2.75, 3.05) is 10.6 Å². The van der Waals surface area contributed by atoms with Crippen LogP contribution in [-0.4, -0.2) is 25.7 Å². The van der Waals surface area contributed by atoms with Crippen molar-refractivity contribution in [1.82, 2.24) is 19.7 Å². The quantitative estimate of drug-likeness (QED) is 0.634. The van der Waals surface area contributed by atoms with Crippen molar-refractivity contribution in [2.45, 2.75) is 13.5 Å². The number of aromatic nitrogens is 4. The molecule has 0 bridgehead atoms. The number of carbonyl (C=O) groups is 1. The molecule has 3 rings (SSSR count). The molecule has 0 fully saturated rings. The Morgan fingerprint density at radius 3 is 2.64 bits per heavy atom. The van der Waals surface area contributed by atoms with Gasteiger partial charge < -0.3 is 16.4 Å². The fourth-order valence-corrected chi connectivity index (χ4v) is 2.26. The van der Waals surface area contributed by atoms with Crippen molar-refractivity contribution in [2.24, 2.45) is 12.8 Å². The molecule has 0 saturated carbocycles. The van der Waals surface area contributed by atoms with Crippen LogP contribution in [0.4, 0.5) is 17.5 Å². The third-order valence-corrected chi connectivity index (χ3v) is 3.60. The Kier molecular flexibility index (Phi) is 4.60. The number of nitrogens with one attached hydrogen (secondary N) is 2. The van der Waals surface area contributed by atoms with Crippen LogP contribution in [0.15, 0.2) is 42.9 Å². The Balaban J connectivity index is 1.80. The topological polar surface area (TPSA) is 111 Å². The highest BCUT2D eigenvalue weighted by Gasteiger charge is 2.12. The summed E-state index contributed by atoms with van der Waals surface area (Å²) >= 11 is 0. The maximum Gasteiger partial charge on any atom is 0.254 e. The fraction of sp³-hybridized carbons (Fsp3) is 0.176. The highest BCUT2D eigenvalue weighted by atomic mass is 16.1. The zero-order valence-corrected chi connectivity index (χ0v) is 14.0. The molecule has 0 radical (unpaired) electrons. The van der Waals surface area contributed by atoms with Gasteiger partial charge in [0.2, 0.25) is 5.95 Å². The van der Waals surface area contributed by atoms with Crippen LogP contribution < -0.4 is 16.4 Å². The normalized spacial score (nSPS) is 10.5. The average Bonchev–Trinajstić information content (AvgIpc) is 2.99. The number of hydrogen-bond acceptors (Lipinski definition) is 6. The second-order valence-corrected chi connectivity index (χ2v) is 5.69. The van der Waals surface area contributed by atoms with E-state index in [0.717, 1.165) is 11.3 Å². The summed E-state index contributed by atoms with van der Waals surface area (Å²) in [5.41, 5.74) is 8.66. The maximum absolute atomic E-state index is 11.6. The second-order valence-electron chi connectivity index (χ2n) is 5.69. The zero-order chi connectivity index (χ0) is 17.8. The molecule has 0 aliphatic rings. The molecular weight excluding hydrogens is 318 g/mol. The lowest BCUT2D eigenvalue weighted by Gasteiger charge is -2.11. The summed E-state index contributed by atoms with van der Waals surface area (Å²) in [4.78, 5) is 20.1. The molecule has 8 nitrogen and oxygen atoms in total. The zero-order valence-electron chi connectivity index (χ0n) is 14.0. The predicted molar refractivity (Wildman–Crippen MR) is 95.5 cm³/mol. The van der Waals surface area contributed by atoms with Crippen molar-refractivity contribution in [3.05, 3.63) is 59.5 Å². The number of carbonyl (C=O) groups excluding carboxylic acids is 1. The third kappa shape index (κ3) is 4.11. The van der Waals surface area contributed by atoms with Crippen LogP contribution in [-0.2, 0) is 13.6 Å². The van der Waals surface area contributed by atoms with Crippen LogP contribution >= 0.6 is 0 Å². The molecule has 1 amide bonds. The van der Waals surface area contributed by atoms with Gasteiger partial charge in [0.1, 0.15) is 5.82 Å². The average molecular weight is 337 g/mol. The molecule has 8 heteroatoms. The Morgan fingerprint density at radius 1 is 1.24 bits per heavy atom. The van der Waals surface area contributed by atoms with E-state index < -0.39 is 5.91 Å². The first-order valence-corrected chi connectivity index (χ1v) is 7.73. The summed E-state index contributed by atoms with van der Waals surface area (Å²) in [5.74, 6) is 0.151. The number of rotatable bonds is 6. The molecule has 4 N–H and O–H groups in total. The van der Waals surface area contributed by atoms with E-state index in [1.54, 1.807) is 17.1 Å². The number of hydrogen-bond donors (Lipinski definition) is 3. The highest BCUT2D eigenvalue weighted by Crippen LogP contribution is 2.18. The van der Waals surface area contributed by atoms with Crippen molar-refractivity contribution in [3.63, 3.8) is 0 Å². The second kappa shape index (κ2) is 7.00. The van der Waals surface area contributed by atoms with E-state index in [1.807, 2.05) is 38.2 Å². The predicted octanol–water partition coefficient (Wildman–Crippen LogP) is 1.97. The van der Waals surface area contributed by atoms with E-state index in [9.17, 15) is 4.79 Å². The van der Waals surface area contributed by atoms with Gasteiger partial charge in [0.15, 0.2) is 0 Å². The van der Waals surface area contributed by atoms with Gasteiger partial charge in [-0.05, 0) is 12.5 Å². The SMILES string of the molecule is Cc1ccc(CNc2nc(Nc3cnn(C)c3)ncc2C(N)=O)cc1. The molecule has 0 aliphatic carbocycles. The molecule has 0 aliphatic heterocycles. The monoisotopic (exact) mass is 337 g/mol. The van der Waals surface area contributed by atoms with Gasteiger partial charge in [0.25, 0.3) is 5.91 Å².